The Hall–Kier alpha value is -0.900. The van der Waals surface area contributed by atoms with Crippen LogP contribution in [0.2, 0.25) is 0 Å². The summed E-state index contributed by atoms with van der Waals surface area (Å²) < 4.78 is 0. The van der Waals surface area contributed by atoms with E-state index in [4.69, 9.17) is 5.11 Å². The van der Waals surface area contributed by atoms with Crippen molar-refractivity contribution >= 4 is 0 Å². The molecule has 1 atom stereocenters. The first-order valence-corrected chi connectivity index (χ1v) is 7.39. The highest BCUT2D eigenvalue weighted by Gasteiger charge is 2.25. The molecule has 3 nitrogen and oxygen atoms in total. The van der Waals surface area contributed by atoms with Gasteiger partial charge >= 0.3 is 0 Å². The fourth-order valence-corrected chi connectivity index (χ4v) is 3.01. The van der Waals surface area contributed by atoms with Gasteiger partial charge in [0.1, 0.15) is 0 Å². The van der Waals surface area contributed by atoms with Crippen molar-refractivity contribution in [3.8, 4) is 0 Å². The van der Waals surface area contributed by atoms with E-state index in [0.717, 1.165) is 32.5 Å². The molecule has 0 amide bonds. The maximum absolute atomic E-state index is 9.11. The van der Waals surface area contributed by atoms with E-state index in [1.807, 2.05) is 0 Å². The number of fused-ring (bicyclic) bond motifs is 1. The van der Waals surface area contributed by atoms with Crippen LogP contribution in [0.5, 0.6) is 0 Å². The summed E-state index contributed by atoms with van der Waals surface area (Å²) in [4.78, 5) is 2.53. The van der Waals surface area contributed by atoms with Crippen LogP contribution >= 0.6 is 0 Å². The second-order valence-corrected chi connectivity index (χ2v) is 5.59. The second-order valence-electron chi connectivity index (χ2n) is 5.59. The largest absolute Gasteiger partial charge is 0.396 e. The summed E-state index contributed by atoms with van der Waals surface area (Å²) in [6, 6.07) is 9.73. The summed E-state index contributed by atoms with van der Waals surface area (Å²) in [6.07, 6.45) is 1.99. The van der Waals surface area contributed by atoms with Crippen LogP contribution in [-0.4, -0.2) is 35.7 Å². The average Bonchev–Trinajstić information content (AvgIpc) is 2.62. The highest BCUT2D eigenvalue weighted by molar-refractivity contribution is 5.31. The van der Waals surface area contributed by atoms with Gasteiger partial charge in [-0.15, -0.1) is 0 Å². The van der Waals surface area contributed by atoms with Gasteiger partial charge in [-0.1, -0.05) is 24.3 Å². The van der Waals surface area contributed by atoms with Gasteiger partial charge in [-0.2, -0.15) is 0 Å². The van der Waals surface area contributed by atoms with Crippen molar-refractivity contribution in [2.75, 3.05) is 19.7 Å². The minimum Gasteiger partial charge on any atom is -0.396 e. The first-order chi connectivity index (χ1) is 9.24. The molecule has 0 aliphatic carbocycles. The Kier molecular flexibility index (Phi) is 5.37. The Balaban J connectivity index is 2.25. The van der Waals surface area contributed by atoms with Crippen molar-refractivity contribution < 1.29 is 5.11 Å². The number of nitrogens with zero attached hydrogens (tertiary/aromatic N) is 1. The molecule has 1 aromatic carbocycles. The SMILES string of the molecule is CC(C)N(CCCO)C1CCNCc2ccccc21. The average molecular weight is 262 g/mol. The molecule has 0 aromatic heterocycles. The molecule has 1 heterocycles. The Morgan fingerprint density at radius 1 is 1.37 bits per heavy atom. The quantitative estimate of drug-likeness (QED) is 0.855. The number of aliphatic hydroxyl groups is 1. The van der Waals surface area contributed by atoms with Crippen LogP contribution in [0.3, 0.4) is 0 Å². The Morgan fingerprint density at radius 3 is 2.89 bits per heavy atom. The molecule has 2 N–H and O–H groups in total. The van der Waals surface area contributed by atoms with Gasteiger partial charge < -0.3 is 10.4 Å². The third kappa shape index (κ3) is 3.56. The van der Waals surface area contributed by atoms with Crippen LogP contribution in [0.4, 0.5) is 0 Å². The number of hydrogen-bond acceptors (Lipinski definition) is 3. The predicted octanol–water partition coefficient (Wildman–Crippen LogP) is 2.31. The highest BCUT2D eigenvalue weighted by Crippen LogP contribution is 2.30. The summed E-state index contributed by atoms with van der Waals surface area (Å²) in [5.41, 5.74) is 2.87. The van der Waals surface area contributed by atoms with Gasteiger partial charge in [-0.25, -0.2) is 0 Å². The van der Waals surface area contributed by atoms with Gasteiger partial charge in [0, 0.05) is 31.8 Å². The van der Waals surface area contributed by atoms with Gasteiger partial charge in [-0.3, -0.25) is 4.90 Å². The van der Waals surface area contributed by atoms with Gasteiger partial charge in [0.05, 0.1) is 0 Å². The monoisotopic (exact) mass is 262 g/mol. The standard InChI is InChI=1S/C16H26N2O/c1-13(2)18(10-5-11-19)16-8-9-17-12-14-6-3-4-7-15(14)16/h3-4,6-7,13,16-17,19H,5,8-12H2,1-2H3. The molecule has 1 unspecified atom stereocenters. The van der Waals surface area contributed by atoms with Crippen LogP contribution in [0.15, 0.2) is 24.3 Å². The lowest BCUT2D eigenvalue weighted by Gasteiger charge is -2.35. The van der Waals surface area contributed by atoms with Crippen LogP contribution < -0.4 is 5.32 Å². The van der Waals surface area contributed by atoms with E-state index >= 15 is 0 Å². The Bertz CT molecular complexity index is 392. The van der Waals surface area contributed by atoms with Gasteiger partial charge in [0.15, 0.2) is 0 Å². The van der Waals surface area contributed by atoms with E-state index in [2.05, 4.69) is 48.3 Å². The lowest BCUT2D eigenvalue weighted by atomic mass is 9.96. The Labute approximate surface area is 116 Å². The third-order valence-electron chi connectivity index (χ3n) is 3.96. The van der Waals surface area contributed by atoms with E-state index in [9.17, 15) is 0 Å². The molecule has 3 heteroatoms. The maximum Gasteiger partial charge on any atom is 0.0443 e. The highest BCUT2D eigenvalue weighted by atomic mass is 16.3. The molecule has 1 aliphatic rings. The zero-order valence-electron chi connectivity index (χ0n) is 12.1. The van der Waals surface area contributed by atoms with E-state index in [-0.39, 0.29) is 6.61 Å². The molecule has 0 bridgehead atoms. The molecular formula is C16H26N2O. The van der Waals surface area contributed by atoms with Crippen molar-refractivity contribution in [2.24, 2.45) is 0 Å². The van der Waals surface area contributed by atoms with Crippen molar-refractivity contribution in [2.45, 2.75) is 45.3 Å². The molecular weight excluding hydrogens is 236 g/mol. The van der Waals surface area contributed by atoms with Crippen molar-refractivity contribution in [1.29, 1.82) is 0 Å². The topological polar surface area (TPSA) is 35.5 Å². The minimum atomic E-state index is 0.274. The van der Waals surface area contributed by atoms with Crippen LogP contribution in [0.1, 0.15) is 43.9 Å². The number of nitrogens with one attached hydrogen (secondary N) is 1. The normalized spacial score (nSPS) is 19.5. The number of hydrogen-bond donors (Lipinski definition) is 2. The summed E-state index contributed by atoms with van der Waals surface area (Å²) >= 11 is 0. The minimum absolute atomic E-state index is 0.274. The van der Waals surface area contributed by atoms with Crippen molar-refractivity contribution in [1.82, 2.24) is 10.2 Å². The Morgan fingerprint density at radius 2 is 2.16 bits per heavy atom. The molecule has 0 saturated heterocycles. The maximum atomic E-state index is 9.11. The second kappa shape index (κ2) is 7.04. The molecule has 106 valence electrons. The van der Waals surface area contributed by atoms with Gasteiger partial charge in [-0.05, 0) is 44.4 Å². The molecule has 0 spiro atoms. The van der Waals surface area contributed by atoms with Crippen LogP contribution in [0, 0.1) is 0 Å². The summed E-state index contributed by atoms with van der Waals surface area (Å²) in [6.45, 7) is 7.76. The number of rotatable bonds is 5. The fourth-order valence-electron chi connectivity index (χ4n) is 3.01. The summed E-state index contributed by atoms with van der Waals surface area (Å²) in [5.74, 6) is 0. The van der Waals surface area contributed by atoms with Gasteiger partial charge in [0.2, 0.25) is 0 Å². The van der Waals surface area contributed by atoms with E-state index in [1.54, 1.807) is 0 Å². The van der Waals surface area contributed by atoms with Gasteiger partial charge in [0.25, 0.3) is 0 Å². The number of aliphatic hydroxyl groups excluding tert-OH is 1. The molecule has 1 aliphatic heterocycles. The molecule has 0 fully saturated rings. The van der Waals surface area contributed by atoms with Crippen LogP contribution in [-0.2, 0) is 6.54 Å². The molecule has 0 saturated carbocycles. The van der Waals surface area contributed by atoms with Crippen LogP contribution in [0.25, 0.3) is 0 Å². The zero-order chi connectivity index (χ0) is 13.7. The summed E-state index contributed by atoms with van der Waals surface area (Å²) in [5, 5.41) is 12.6. The fraction of sp³-hybridized carbons (Fsp3) is 0.625. The molecule has 1 aromatic rings. The lowest BCUT2D eigenvalue weighted by Crippen LogP contribution is -2.36. The first-order valence-electron chi connectivity index (χ1n) is 7.39. The van der Waals surface area contributed by atoms with Crippen molar-refractivity contribution in [3.05, 3.63) is 35.4 Å². The van der Waals surface area contributed by atoms with E-state index < -0.39 is 0 Å². The molecule has 19 heavy (non-hydrogen) atoms. The zero-order valence-corrected chi connectivity index (χ0v) is 12.1. The van der Waals surface area contributed by atoms with Crippen molar-refractivity contribution in [3.63, 3.8) is 0 Å². The molecule has 0 radical (unpaired) electrons. The predicted molar refractivity (Wildman–Crippen MR) is 79.1 cm³/mol. The summed E-state index contributed by atoms with van der Waals surface area (Å²) in [7, 11) is 0. The smallest absolute Gasteiger partial charge is 0.0443 e. The van der Waals surface area contributed by atoms with E-state index in [0.29, 0.717) is 12.1 Å². The lowest BCUT2D eigenvalue weighted by molar-refractivity contribution is 0.132. The third-order valence-corrected chi connectivity index (χ3v) is 3.96. The molecule has 2 rings (SSSR count). The number of benzene rings is 1. The first kappa shape index (κ1) is 14.5. The van der Waals surface area contributed by atoms with E-state index in [1.165, 1.54) is 11.1 Å².